The monoisotopic (exact) mass is 241 g/mol. The zero-order valence-corrected chi connectivity index (χ0v) is 9.54. The van der Waals surface area contributed by atoms with Gasteiger partial charge in [0.2, 0.25) is 5.91 Å². The minimum Gasteiger partial charge on any atom is -0.359 e. The number of halogens is 1. The van der Waals surface area contributed by atoms with Crippen LogP contribution in [0.3, 0.4) is 0 Å². The number of nitrogens with zero attached hydrogens (tertiary/aromatic N) is 1. The molecule has 86 valence electrons. The fourth-order valence-corrected chi connectivity index (χ4v) is 1.25. The van der Waals surface area contributed by atoms with Crippen LogP contribution < -0.4 is 10.6 Å². The minimum atomic E-state index is -0.331. The molecule has 0 fully saturated rings. The molecule has 0 atom stereocenters. The number of hydrogen-bond donors (Lipinski definition) is 2. The molecular formula is C10H12ClN3O2. The van der Waals surface area contributed by atoms with Crippen LogP contribution in [-0.2, 0) is 4.79 Å². The van der Waals surface area contributed by atoms with E-state index in [1.165, 1.54) is 18.5 Å². The molecule has 1 heterocycles. The van der Waals surface area contributed by atoms with Crippen LogP contribution in [0.25, 0.3) is 0 Å². The van der Waals surface area contributed by atoms with Gasteiger partial charge in [0.15, 0.2) is 0 Å². The van der Waals surface area contributed by atoms with Gasteiger partial charge in [-0.25, -0.2) is 0 Å². The molecule has 0 bridgehead atoms. The van der Waals surface area contributed by atoms with Crippen LogP contribution >= 0.6 is 11.6 Å². The van der Waals surface area contributed by atoms with E-state index in [1.807, 2.05) is 0 Å². The molecular weight excluding hydrogens is 230 g/mol. The van der Waals surface area contributed by atoms with Gasteiger partial charge in [0.1, 0.15) is 0 Å². The van der Waals surface area contributed by atoms with E-state index < -0.39 is 0 Å². The molecule has 2 N–H and O–H groups in total. The van der Waals surface area contributed by atoms with Gasteiger partial charge in [-0.2, -0.15) is 0 Å². The van der Waals surface area contributed by atoms with Gasteiger partial charge in [-0.05, 0) is 6.07 Å². The van der Waals surface area contributed by atoms with Crippen molar-refractivity contribution in [3.63, 3.8) is 0 Å². The molecule has 0 aliphatic heterocycles. The van der Waals surface area contributed by atoms with Crippen LogP contribution in [0.4, 0.5) is 0 Å². The maximum Gasteiger partial charge on any atom is 0.254 e. The Hall–Kier alpha value is -1.62. The Bertz CT molecular complexity index is 395. The highest BCUT2D eigenvalue weighted by Crippen LogP contribution is 2.12. The van der Waals surface area contributed by atoms with Gasteiger partial charge in [0, 0.05) is 32.4 Å². The number of amides is 2. The van der Waals surface area contributed by atoms with E-state index in [2.05, 4.69) is 15.6 Å². The van der Waals surface area contributed by atoms with Crippen LogP contribution in [0, 0.1) is 0 Å². The number of carbonyl (C=O) groups excluding carboxylic acids is 2. The standard InChI is InChI=1S/C10H12ClN3O2/c1-12-9(15)3-5-14-10(16)7-6-13-4-2-8(7)11/h2,4,6H,3,5H2,1H3,(H,12,15)(H,14,16). The maximum absolute atomic E-state index is 11.6. The molecule has 2 amide bonds. The van der Waals surface area contributed by atoms with E-state index >= 15 is 0 Å². The molecule has 5 nitrogen and oxygen atoms in total. The number of hydrogen-bond acceptors (Lipinski definition) is 3. The minimum absolute atomic E-state index is 0.127. The molecule has 0 spiro atoms. The molecule has 0 aliphatic rings. The summed E-state index contributed by atoms with van der Waals surface area (Å²) >= 11 is 5.81. The van der Waals surface area contributed by atoms with E-state index in [0.717, 1.165) is 0 Å². The first-order valence-corrected chi connectivity index (χ1v) is 5.11. The quantitative estimate of drug-likeness (QED) is 0.811. The van der Waals surface area contributed by atoms with Gasteiger partial charge in [-0.1, -0.05) is 11.6 Å². The van der Waals surface area contributed by atoms with Crippen molar-refractivity contribution >= 4 is 23.4 Å². The van der Waals surface area contributed by atoms with E-state index in [9.17, 15) is 9.59 Å². The molecule has 0 saturated heterocycles. The van der Waals surface area contributed by atoms with Crippen molar-refractivity contribution in [3.05, 3.63) is 29.0 Å². The van der Waals surface area contributed by atoms with E-state index in [1.54, 1.807) is 7.05 Å². The maximum atomic E-state index is 11.6. The van der Waals surface area contributed by atoms with Crippen LogP contribution in [0.2, 0.25) is 5.02 Å². The van der Waals surface area contributed by atoms with Gasteiger partial charge in [-0.15, -0.1) is 0 Å². The largest absolute Gasteiger partial charge is 0.359 e. The second-order valence-corrected chi connectivity index (χ2v) is 3.44. The molecule has 1 aromatic rings. The first-order chi connectivity index (χ1) is 7.65. The van der Waals surface area contributed by atoms with Crippen molar-refractivity contribution in [1.82, 2.24) is 15.6 Å². The Labute approximate surface area is 98.2 Å². The number of rotatable bonds is 4. The third kappa shape index (κ3) is 3.51. The first kappa shape index (κ1) is 12.4. The topological polar surface area (TPSA) is 71.1 Å². The second-order valence-electron chi connectivity index (χ2n) is 3.03. The van der Waals surface area contributed by atoms with Crippen molar-refractivity contribution in [1.29, 1.82) is 0 Å². The van der Waals surface area contributed by atoms with Crippen molar-refractivity contribution < 1.29 is 9.59 Å². The molecule has 1 rings (SSSR count). The van der Waals surface area contributed by atoms with E-state index in [4.69, 9.17) is 11.6 Å². The summed E-state index contributed by atoms with van der Waals surface area (Å²) in [4.78, 5) is 26.3. The Morgan fingerprint density at radius 3 is 2.88 bits per heavy atom. The van der Waals surface area contributed by atoms with Gasteiger partial charge in [0.05, 0.1) is 10.6 Å². The smallest absolute Gasteiger partial charge is 0.254 e. The summed E-state index contributed by atoms with van der Waals surface area (Å²) in [5.74, 6) is -0.459. The lowest BCUT2D eigenvalue weighted by Gasteiger charge is -2.05. The van der Waals surface area contributed by atoms with Crippen LogP contribution in [0.1, 0.15) is 16.8 Å². The highest BCUT2D eigenvalue weighted by Gasteiger charge is 2.09. The summed E-state index contributed by atoms with van der Waals surface area (Å²) in [7, 11) is 1.54. The van der Waals surface area contributed by atoms with Gasteiger partial charge in [0.25, 0.3) is 5.91 Å². The second kappa shape index (κ2) is 6.07. The van der Waals surface area contributed by atoms with Gasteiger partial charge in [-0.3, -0.25) is 14.6 Å². The lowest BCUT2D eigenvalue weighted by Crippen LogP contribution is -2.29. The summed E-state index contributed by atoms with van der Waals surface area (Å²) in [5.41, 5.74) is 0.307. The molecule has 0 saturated carbocycles. The summed E-state index contributed by atoms with van der Waals surface area (Å²) in [6.45, 7) is 0.268. The van der Waals surface area contributed by atoms with Crippen LogP contribution in [-0.4, -0.2) is 30.4 Å². The average molecular weight is 242 g/mol. The van der Waals surface area contributed by atoms with Gasteiger partial charge >= 0.3 is 0 Å². The fourth-order valence-electron chi connectivity index (χ4n) is 1.05. The zero-order valence-electron chi connectivity index (χ0n) is 8.79. The third-order valence-electron chi connectivity index (χ3n) is 1.93. The van der Waals surface area contributed by atoms with Gasteiger partial charge < -0.3 is 10.6 Å². The number of carbonyl (C=O) groups is 2. The Balaban J connectivity index is 2.47. The van der Waals surface area contributed by atoms with E-state index in [0.29, 0.717) is 10.6 Å². The molecule has 0 aromatic carbocycles. The molecule has 16 heavy (non-hydrogen) atoms. The fraction of sp³-hybridized carbons (Fsp3) is 0.300. The Morgan fingerprint density at radius 1 is 1.50 bits per heavy atom. The highest BCUT2D eigenvalue weighted by molar-refractivity contribution is 6.33. The average Bonchev–Trinajstić information content (AvgIpc) is 2.29. The molecule has 0 aliphatic carbocycles. The molecule has 6 heteroatoms. The number of nitrogens with one attached hydrogen (secondary N) is 2. The summed E-state index contributed by atoms with van der Waals surface area (Å²) in [6, 6.07) is 1.54. The predicted octanol–water partition coefficient (Wildman–Crippen LogP) is 0.601. The Kier molecular flexibility index (Phi) is 4.72. The SMILES string of the molecule is CNC(=O)CCNC(=O)c1cnccc1Cl. The zero-order chi connectivity index (χ0) is 12.0. The highest BCUT2D eigenvalue weighted by atomic mass is 35.5. The Morgan fingerprint density at radius 2 is 2.25 bits per heavy atom. The predicted molar refractivity (Wildman–Crippen MR) is 60.3 cm³/mol. The number of pyridine rings is 1. The first-order valence-electron chi connectivity index (χ1n) is 4.73. The van der Waals surface area contributed by atoms with Crippen molar-refractivity contribution in [2.75, 3.05) is 13.6 Å². The summed E-state index contributed by atoms with van der Waals surface area (Å²) < 4.78 is 0. The van der Waals surface area contributed by atoms with Crippen LogP contribution in [0.15, 0.2) is 18.5 Å². The lowest BCUT2D eigenvalue weighted by atomic mass is 10.2. The molecule has 0 unspecified atom stereocenters. The van der Waals surface area contributed by atoms with E-state index in [-0.39, 0.29) is 24.8 Å². The molecule has 1 aromatic heterocycles. The summed E-state index contributed by atoms with van der Waals surface area (Å²) in [6.07, 6.45) is 3.13. The van der Waals surface area contributed by atoms with Crippen molar-refractivity contribution in [2.45, 2.75) is 6.42 Å². The summed E-state index contributed by atoms with van der Waals surface area (Å²) in [5, 5.41) is 5.38. The van der Waals surface area contributed by atoms with Crippen molar-refractivity contribution in [3.8, 4) is 0 Å². The normalized spacial score (nSPS) is 9.62. The number of aromatic nitrogens is 1. The molecule has 0 radical (unpaired) electrons. The lowest BCUT2D eigenvalue weighted by molar-refractivity contribution is -0.120. The third-order valence-corrected chi connectivity index (χ3v) is 2.26. The van der Waals surface area contributed by atoms with Crippen molar-refractivity contribution in [2.24, 2.45) is 0 Å². The van der Waals surface area contributed by atoms with Crippen LogP contribution in [0.5, 0.6) is 0 Å².